The highest BCUT2D eigenvalue weighted by Gasteiger charge is 2.44. The Kier molecular flexibility index (Phi) is 5.34. The molecule has 0 aliphatic carbocycles. The highest BCUT2D eigenvalue weighted by Crippen LogP contribution is 2.47. The summed E-state index contributed by atoms with van der Waals surface area (Å²) in [7, 11) is 0. The summed E-state index contributed by atoms with van der Waals surface area (Å²) in [6.07, 6.45) is -0.373. The summed E-state index contributed by atoms with van der Waals surface area (Å²) in [5.41, 5.74) is 7.73. The second-order valence-corrected chi connectivity index (χ2v) is 13.1. The van der Waals surface area contributed by atoms with E-state index in [0.29, 0.717) is 5.75 Å². The number of carbonyl (C=O) groups is 1. The van der Waals surface area contributed by atoms with Gasteiger partial charge in [-0.1, -0.05) is 157 Å². The molecule has 0 bridgehead atoms. The molecule has 2 aliphatic rings. The van der Waals surface area contributed by atoms with Crippen LogP contribution < -0.4 is 26.0 Å². The number of ether oxygens (including phenoxy) is 1. The first kappa shape index (κ1) is 26.7. The average molecular weight is 624 g/mol. The number of hydrogen-bond donors (Lipinski definition) is 0. The van der Waals surface area contributed by atoms with E-state index in [1.54, 1.807) is 0 Å². The number of amides is 1. The molecule has 0 saturated heterocycles. The Morgan fingerprint density at radius 1 is 0.449 bits per heavy atom. The Morgan fingerprint density at radius 3 is 1.67 bits per heavy atom. The molecule has 2 aliphatic heterocycles. The van der Waals surface area contributed by atoms with Gasteiger partial charge in [-0.2, -0.15) is 0 Å². The van der Waals surface area contributed by atoms with E-state index in [1.165, 1.54) is 43.5 Å². The lowest BCUT2D eigenvalue weighted by Crippen LogP contribution is -2.60. The maximum Gasteiger partial charge on any atom is 0.424 e. The molecule has 0 saturated carbocycles. The first-order chi connectivity index (χ1) is 24.3. The van der Waals surface area contributed by atoms with E-state index in [2.05, 4.69) is 146 Å². The van der Waals surface area contributed by atoms with E-state index in [-0.39, 0.29) is 12.8 Å². The van der Waals surface area contributed by atoms with Gasteiger partial charge in [0, 0.05) is 10.8 Å². The molecule has 0 N–H and O–H groups in total. The zero-order chi connectivity index (χ0) is 32.2. The Hall–Kier alpha value is -6.39. The monoisotopic (exact) mass is 623 g/mol. The third-order valence-corrected chi connectivity index (χ3v) is 10.7. The van der Waals surface area contributed by atoms with Gasteiger partial charge in [-0.3, -0.25) is 0 Å². The van der Waals surface area contributed by atoms with Crippen LogP contribution in [0.4, 0.5) is 16.2 Å². The molecule has 0 fully saturated rings. The van der Waals surface area contributed by atoms with E-state index in [4.69, 9.17) is 4.74 Å². The van der Waals surface area contributed by atoms with Crippen molar-refractivity contribution >= 4 is 94.4 Å². The minimum absolute atomic E-state index is 0.182. The van der Waals surface area contributed by atoms with Crippen LogP contribution in [0.3, 0.4) is 0 Å². The molecule has 226 valence electrons. The Bertz CT molecular complexity index is 2840. The summed E-state index contributed by atoms with van der Waals surface area (Å²) in [5.74, 6) is 0.608. The normalized spacial score (nSPS) is 13.4. The molecule has 0 unspecified atom stereocenters. The SMILES string of the molecule is O=C1Oc2cccc3ccc4c(c23)N1c1c(c2ccccc2c2ccccc12)B4c1c2ccccc2c(-c2ccccc2)c2ccccc12. The van der Waals surface area contributed by atoms with Crippen molar-refractivity contribution in [3.05, 3.63) is 158 Å². The standard InChI is InChI=1S/C45H26BNO2/c48-45-47-43-36-23-11-5-17-30(36)29-16-4-8-20-33(29)42(43)46(37-26-25-28-15-12-24-38(49-45)40(28)44(37)47)41-34-21-9-6-18-31(34)39(27-13-2-1-3-14-27)32-19-7-10-22-35(32)41/h1-26H. The lowest BCUT2D eigenvalue weighted by molar-refractivity contribution is 0.210. The second-order valence-electron chi connectivity index (χ2n) is 13.1. The first-order valence-electron chi connectivity index (χ1n) is 16.8. The number of carbonyl (C=O) groups excluding carboxylic acids is 1. The molecule has 9 aromatic rings. The summed E-state index contributed by atoms with van der Waals surface area (Å²) >= 11 is 0. The van der Waals surface area contributed by atoms with Crippen LogP contribution in [0.25, 0.3) is 65.0 Å². The summed E-state index contributed by atoms with van der Waals surface area (Å²) in [6, 6.07) is 56.0. The molecule has 0 radical (unpaired) electrons. The summed E-state index contributed by atoms with van der Waals surface area (Å²) < 4.78 is 6.15. The fourth-order valence-corrected chi connectivity index (χ4v) is 8.86. The van der Waals surface area contributed by atoms with Crippen molar-refractivity contribution in [2.75, 3.05) is 4.90 Å². The van der Waals surface area contributed by atoms with Gasteiger partial charge >= 0.3 is 6.09 Å². The molecule has 2 heterocycles. The fraction of sp³-hybridized carbons (Fsp3) is 0. The van der Waals surface area contributed by atoms with Crippen molar-refractivity contribution in [2.24, 2.45) is 0 Å². The summed E-state index contributed by atoms with van der Waals surface area (Å²) in [4.78, 5) is 16.2. The zero-order valence-electron chi connectivity index (χ0n) is 26.4. The van der Waals surface area contributed by atoms with Gasteiger partial charge in [0.1, 0.15) is 5.75 Å². The molecule has 9 aromatic carbocycles. The summed E-state index contributed by atoms with van der Waals surface area (Å²) in [5, 5.41) is 11.3. The van der Waals surface area contributed by atoms with Crippen LogP contribution >= 0.6 is 0 Å². The summed E-state index contributed by atoms with van der Waals surface area (Å²) in [6.45, 7) is -0.182. The van der Waals surface area contributed by atoms with Gasteiger partial charge in [-0.05, 0) is 71.2 Å². The van der Waals surface area contributed by atoms with Crippen molar-refractivity contribution in [3.8, 4) is 16.9 Å². The Labute approximate surface area is 282 Å². The third kappa shape index (κ3) is 3.50. The number of anilines is 2. The number of rotatable bonds is 2. The second kappa shape index (κ2) is 9.82. The largest absolute Gasteiger partial charge is 0.424 e. The number of benzene rings is 9. The average Bonchev–Trinajstić information content (AvgIpc) is 3.16. The maximum absolute atomic E-state index is 14.3. The smallest absolute Gasteiger partial charge is 0.409 e. The van der Waals surface area contributed by atoms with Gasteiger partial charge in [0.25, 0.3) is 0 Å². The Balaban J connectivity index is 1.40. The highest BCUT2D eigenvalue weighted by molar-refractivity contribution is 7.02. The lowest BCUT2D eigenvalue weighted by Gasteiger charge is -2.40. The molecule has 4 heteroatoms. The predicted octanol–water partition coefficient (Wildman–Crippen LogP) is 9.60. The van der Waals surface area contributed by atoms with Gasteiger partial charge in [0.15, 0.2) is 0 Å². The van der Waals surface area contributed by atoms with Crippen LogP contribution in [0.2, 0.25) is 0 Å². The zero-order valence-corrected chi connectivity index (χ0v) is 26.4. The minimum Gasteiger partial charge on any atom is -0.409 e. The molecule has 3 nitrogen and oxygen atoms in total. The van der Waals surface area contributed by atoms with Crippen LogP contribution in [0.1, 0.15) is 0 Å². The van der Waals surface area contributed by atoms with Crippen molar-refractivity contribution in [2.45, 2.75) is 0 Å². The molecule has 0 atom stereocenters. The maximum atomic E-state index is 14.3. The molecular weight excluding hydrogens is 597 g/mol. The van der Waals surface area contributed by atoms with Crippen molar-refractivity contribution in [1.29, 1.82) is 0 Å². The first-order valence-corrected chi connectivity index (χ1v) is 16.8. The van der Waals surface area contributed by atoms with Crippen LogP contribution in [0, 0.1) is 0 Å². The van der Waals surface area contributed by atoms with Crippen LogP contribution in [-0.2, 0) is 0 Å². The van der Waals surface area contributed by atoms with Gasteiger partial charge in [-0.15, -0.1) is 0 Å². The number of nitrogens with zero attached hydrogens (tertiary/aromatic N) is 1. The molecule has 11 rings (SSSR count). The van der Waals surface area contributed by atoms with Crippen molar-refractivity contribution in [3.63, 3.8) is 0 Å². The van der Waals surface area contributed by atoms with Crippen LogP contribution in [0.5, 0.6) is 5.75 Å². The third-order valence-electron chi connectivity index (χ3n) is 10.7. The van der Waals surface area contributed by atoms with Gasteiger partial charge in [0.2, 0.25) is 6.71 Å². The van der Waals surface area contributed by atoms with E-state index in [9.17, 15) is 4.79 Å². The highest BCUT2D eigenvalue weighted by atomic mass is 16.6. The molecule has 49 heavy (non-hydrogen) atoms. The molecule has 1 amide bonds. The predicted molar refractivity (Wildman–Crippen MR) is 205 cm³/mol. The van der Waals surface area contributed by atoms with Crippen LogP contribution in [-0.4, -0.2) is 12.8 Å². The number of hydrogen-bond acceptors (Lipinski definition) is 2. The van der Waals surface area contributed by atoms with Gasteiger partial charge < -0.3 is 4.74 Å². The fourth-order valence-electron chi connectivity index (χ4n) is 8.86. The molecular formula is C45H26BNO2. The van der Waals surface area contributed by atoms with E-state index in [1.807, 2.05) is 17.0 Å². The van der Waals surface area contributed by atoms with Crippen molar-refractivity contribution < 1.29 is 9.53 Å². The lowest BCUT2D eigenvalue weighted by atomic mass is 9.33. The quantitative estimate of drug-likeness (QED) is 0.109. The van der Waals surface area contributed by atoms with Gasteiger partial charge in [0.05, 0.1) is 11.4 Å². The molecule has 0 spiro atoms. The van der Waals surface area contributed by atoms with Crippen LogP contribution in [0.15, 0.2) is 158 Å². The van der Waals surface area contributed by atoms with Crippen molar-refractivity contribution in [1.82, 2.24) is 0 Å². The minimum atomic E-state index is -0.373. The Morgan fingerprint density at radius 2 is 1.00 bits per heavy atom. The van der Waals surface area contributed by atoms with E-state index >= 15 is 0 Å². The molecule has 0 aromatic heterocycles. The topological polar surface area (TPSA) is 29.5 Å². The van der Waals surface area contributed by atoms with E-state index in [0.717, 1.165) is 49.2 Å². The van der Waals surface area contributed by atoms with Gasteiger partial charge in [-0.25, -0.2) is 9.69 Å². The van der Waals surface area contributed by atoms with E-state index < -0.39 is 0 Å². The number of fused-ring (bicyclic) bond motifs is 9.